The molecule has 4 aromatic rings. The zero-order valence-corrected chi connectivity index (χ0v) is 17.9. The molecule has 0 fully saturated rings. The van der Waals surface area contributed by atoms with Crippen LogP contribution >= 0.6 is 0 Å². The smallest absolute Gasteiger partial charge is 0.189 e. The van der Waals surface area contributed by atoms with Crippen LogP contribution in [0.5, 0.6) is 5.75 Å². The Balaban J connectivity index is 1.39. The van der Waals surface area contributed by atoms with Crippen LogP contribution < -0.4 is 4.74 Å². The van der Waals surface area contributed by atoms with E-state index in [1.165, 1.54) is 0 Å². The standard InChI is InChI=1S/C22H20N2O4S2/c1-16-7-10-19(11-8-16)30(26)28-14-13-27-17-9-12-21-20(15-17)22(24-23-21)29(25)18-5-3-2-4-6-18/h2-12,15H,13-14H2,1H3,(H,23,24). The van der Waals surface area contributed by atoms with E-state index in [2.05, 4.69) is 10.2 Å². The summed E-state index contributed by atoms with van der Waals surface area (Å²) in [5, 5.41) is 8.36. The van der Waals surface area contributed by atoms with Crippen LogP contribution in [0.2, 0.25) is 0 Å². The molecule has 3 aromatic carbocycles. The highest BCUT2D eigenvalue weighted by atomic mass is 32.2. The Labute approximate surface area is 179 Å². The summed E-state index contributed by atoms with van der Waals surface area (Å²) in [6, 6.07) is 21.9. The minimum absolute atomic E-state index is 0.173. The molecule has 0 saturated heterocycles. The number of aromatic nitrogens is 2. The van der Waals surface area contributed by atoms with Gasteiger partial charge in [0.25, 0.3) is 0 Å². The number of hydrogen-bond donors (Lipinski definition) is 1. The molecule has 1 heterocycles. The van der Waals surface area contributed by atoms with Crippen molar-refractivity contribution in [2.24, 2.45) is 0 Å². The Hall–Kier alpha value is -2.81. The molecule has 6 nitrogen and oxygen atoms in total. The number of nitrogens with zero attached hydrogens (tertiary/aromatic N) is 1. The van der Waals surface area contributed by atoms with Crippen LogP contribution in [0.15, 0.2) is 87.6 Å². The van der Waals surface area contributed by atoms with E-state index in [-0.39, 0.29) is 13.2 Å². The number of nitrogens with one attached hydrogen (secondary N) is 1. The number of fused-ring (bicyclic) bond motifs is 1. The van der Waals surface area contributed by atoms with Gasteiger partial charge in [0.1, 0.15) is 28.2 Å². The first-order valence-electron chi connectivity index (χ1n) is 9.31. The van der Waals surface area contributed by atoms with Crippen molar-refractivity contribution in [2.45, 2.75) is 21.7 Å². The molecule has 0 bridgehead atoms. The fraction of sp³-hybridized carbons (Fsp3) is 0.136. The van der Waals surface area contributed by atoms with E-state index in [4.69, 9.17) is 8.92 Å². The van der Waals surface area contributed by atoms with E-state index < -0.39 is 21.9 Å². The molecule has 0 aliphatic rings. The summed E-state index contributed by atoms with van der Waals surface area (Å²) in [7, 11) is -1.37. The molecule has 0 amide bonds. The van der Waals surface area contributed by atoms with Crippen LogP contribution in [0.1, 0.15) is 5.56 Å². The topological polar surface area (TPSA) is 81.3 Å². The predicted octanol–water partition coefficient (Wildman–Crippen LogP) is 4.16. The lowest BCUT2D eigenvalue weighted by Crippen LogP contribution is -2.08. The molecule has 2 atom stereocenters. The number of H-pyrrole nitrogens is 1. The van der Waals surface area contributed by atoms with Crippen LogP contribution in [0, 0.1) is 6.92 Å². The first-order chi connectivity index (χ1) is 14.6. The normalized spacial score (nSPS) is 13.2. The van der Waals surface area contributed by atoms with Crippen molar-refractivity contribution in [2.75, 3.05) is 13.2 Å². The molecule has 0 spiro atoms. The highest BCUT2D eigenvalue weighted by Gasteiger charge is 2.15. The molecule has 154 valence electrons. The lowest BCUT2D eigenvalue weighted by Gasteiger charge is -2.07. The Morgan fingerprint density at radius 1 is 0.900 bits per heavy atom. The second kappa shape index (κ2) is 9.34. The van der Waals surface area contributed by atoms with Gasteiger partial charge in [0, 0.05) is 10.3 Å². The third-order valence-electron chi connectivity index (χ3n) is 4.39. The van der Waals surface area contributed by atoms with Gasteiger partial charge in [0.15, 0.2) is 11.1 Å². The van der Waals surface area contributed by atoms with Crippen LogP contribution in [-0.2, 0) is 26.1 Å². The molecule has 4 rings (SSSR count). The molecule has 1 aromatic heterocycles. The van der Waals surface area contributed by atoms with Gasteiger partial charge in [-0.25, -0.2) is 8.42 Å². The van der Waals surface area contributed by atoms with Gasteiger partial charge >= 0.3 is 0 Å². The van der Waals surface area contributed by atoms with Crippen molar-refractivity contribution >= 4 is 32.8 Å². The number of ether oxygens (including phenoxy) is 1. The minimum Gasteiger partial charge on any atom is -0.491 e. The molecule has 0 radical (unpaired) electrons. The Morgan fingerprint density at radius 2 is 1.67 bits per heavy atom. The molecule has 30 heavy (non-hydrogen) atoms. The summed E-state index contributed by atoms with van der Waals surface area (Å²) in [4.78, 5) is 1.31. The molecule has 0 aliphatic carbocycles. The third kappa shape index (κ3) is 4.67. The second-order valence-corrected chi connectivity index (χ2v) is 9.13. The van der Waals surface area contributed by atoms with Crippen LogP contribution in [-0.4, -0.2) is 31.8 Å². The second-order valence-electron chi connectivity index (χ2n) is 6.53. The first-order valence-corrected chi connectivity index (χ1v) is 11.5. The maximum atomic E-state index is 12.9. The van der Waals surface area contributed by atoms with Gasteiger partial charge in [-0.1, -0.05) is 35.9 Å². The molecule has 0 saturated carbocycles. The van der Waals surface area contributed by atoms with E-state index in [9.17, 15) is 8.42 Å². The van der Waals surface area contributed by atoms with Crippen molar-refractivity contribution in [3.8, 4) is 5.75 Å². The van der Waals surface area contributed by atoms with Gasteiger partial charge < -0.3 is 4.74 Å². The third-order valence-corrected chi connectivity index (χ3v) is 6.81. The van der Waals surface area contributed by atoms with Crippen molar-refractivity contribution in [3.63, 3.8) is 0 Å². The van der Waals surface area contributed by atoms with E-state index in [1.807, 2.05) is 49.4 Å². The summed E-state index contributed by atoms with van der Waals surface area (Å²) in [5.41, 5.74) is 1.81. The van der Waals surface area contributed by atoms with E-state index >= 15 is 0 Å². The Bertz CT molecular complexity index is 1190. The monoisotopic (exact) mass is 440 g/mol. The van der Waals surface area contributed by atoms with E-state index in [1.54, 1.807) is 30.3 Å². The minimum atomic E-state index is -1.53. The van der Waals surface area contributed by atoms with Crippen LogP contribution in [0.4, 0.5) is 0 Å². The fourth-order valence-corrected chi connectivity index (χ4v) is 4.69. The zero-order valence-electron chi connectivity index (χ0n) is 16.2. The molecule has 2 unspecified atom stereocenters. The average molecular weight is 441 g/mol. The number of rotatable bonds is 8. The lowest BCUT2D eigenvalue weighted by molar-refractivity contribution is 0.231. The fourth-order valence-electron chi connectivity index (χ4n) is 2.85. The van der Waals surface area contributed by atoms with Crippen molar-refractivity contribution in [1.82, 2.24) is 10.2 Å². The van der Waals surface area contributed by atoms with Crippen LogP contribution in [0.3, 0.4) is 0 Å². The van der Waals surface area contributed by atoms with Gasteiger partial charge in [-0.3, -0.25) is 9.28 Å². The maximum absolute atomic E-state index is 12.9. The van der Waals surface area contributed by atoms with Gasteiger partial charge in [0.05, 0.1) is 17.0 Å². The number of hydrogen-bond acceptors (Lipinski definition) is 5. The molecule has 1 N–H and O–H groups in total. The van der Waals surface area contributed by atoms with Gasteiger partial charge in [0.2, 0.25) is 0 Å². The Kier molecular flexibility index (Phi) is 6.37. The zero-order chi connectivity index (χ0) is 20.9. The highest BCUT2D eigenvalue weighted by Crippen LogP contribution is 2.26. The quantitative estimate of drug-likeness (QED) is 0.416. The van der Waals surface area contributed by atoms with Crippen LogP contribution in [0.25, 0.3) is 10.9 Å². The maximum Gasteiger partial charge on any atom is 0.189 e. The van der Waals surface area contributed by atoms with Gasteiger partial charge in [-0.05, 0) is 49.4 Å². The number of aryl methyl sites for hydroxylation is 1. The Morgan fingerprint density at radius 3 is 2.43 bits per heavy atom. The molecular formula is C22H20N2O4S2. The highest BCUT2D eigenvalue weighted by molar-refractivity contribution is 7.85. The SMILES string of the molecule is Cc1ccc(S(=O)OCCOc2ccc3n[nH]c(S(=O)c4ccccc4)c3c2)cc1. The largest absolute Gasteiger partial charge is 0.491 e. The summed E-state index contributed by atoms with van der Waals surface area (Å²) in [6.45, 7) is 2.38. The van der Waals surface area contributed by atoms with Gasteiger partial charge in [-0.2, -0.15) is 5.10 Å². The van der Waals surface area contributed by atoms with Crippen molar-refractivity contribution < 1.29 is 17.3 Å². The average Bonchev–Trinajstić information content (AvgIpc) is 3.20. The van der Waals surface area contributed by atoms with E-state index in [0.29, 0.717) is 26.1 Å². The first kappa shape index (κ1) is 20.5. The molecular weight excluding hydrogens is 420 g/mol. The predicted molar refractivity (Wildman–Crippen MR) is 116 cm³/mol. The number of aromatic amines is 1. The van der Waals surface area contributed by atoms with Crippen molar-refractivity contribution in [1.29, 1.82) is 0 Å². The van der Waals surface area contributed by atoms with E-state index in [0.717, 1.165) is 10.9 Å². The summed E-state index contributed by atoms with van der Waals surface area (Å²) < 4.78 is 36.1. The number of benzene rings is 3. The van der Waals surface area contributed by atoms with Gasteiger partial charge in [-0.15, -0.1) is 0 Å². The summed E-state index contributed by atoms with van der Waals surface area (Å²) in [6.07, 6.45) is 0. The van der Waals surface area contributed by atoms with Crippen molar-refractivity contribution in [3.05, 3.63) is 78.4 Å². The molecule has 8 heteroatoms. The lowest BCUT2D eigenvalue weighted by atomic mass is 10.2. The summed E-state index contributed by atoms with van der Waals surface area (Å²) in [5.74, 6) is 0.597. The summed E-state index contributed by atoms with van der Waals surface area (Å²) >= 11 is -1.53. The molecule has 0 aliphatic heterocycles.